The Morgan fingerprint density at radius 3 is 1.14 bits per heavy atom. The van der Waals surface area contributed by atoms with E-state index in [1.807, 2.05) is 0 Å². The number of aromatic nitrogens is 13. The first-order chi connectivity index (χ1) is 66.2. The van der Waals surface area contributed by atoms with Crippen molar-refractivity contribution >= 4 is 116 Å². The molecule has 11 aromatic rings. The van der Waals surface area contributed by atoms with E-state index >= 15 is 0 Å². The second-order valence-electron chi connectivity index (χ2n) is 35.9. The molecular formula is C93H90Cl2F8N24O12. The largest absolute Gasteiger partial charge is 0.340 e. The normalized spacial score (nSPS) is 16.5. The number of halogens is 10. The van der Waals surface area contributed by atoms with E-state index in [-0.39, 0.29) is 95.2 Å². The van der Waals surface area contributed by atoms with Crippen molar-refractivity contribution < 1.29 is 92.7 Å². The fourth-order valence-corrected chi connectivity index (χ4v) is 19.6. The number of hydrogen-bond acceptors (Lipinski definition) is 21. The van der Waals surface area contributed by atoms with Crippen molar-refractivity contribution in [1.29, 1.82) is 0 Å². The molecule has 46 heteroatoms. The Balaban J connectivity index is 0.000000128. The van der Waals surface area contributed by atoms with E-state index in [2.05, 4.69) is 105 Å². The molecule has 0 atom stereocenters. The predicted molar refractivity (Wildman–Crippen MR) is 483 cm³/mol. The minimum atomic E-state index is -3.03. The van der Waals surface area contributed by atoms with Crippen LogP contribution in [0.5, 0.6) is 0 Å². The Morgan fingerprint density at radius 1 is 0.410 bits per heavy atom. The molecule has 7 aromatic heterocycles. The maximum Gasteiger partial charge on any atom is 0.293 e. The Morgan fingerprint density at radius 2 is 0.777 bits per heavy atom. The highest BCUT2D eigenvalue weighted by atomic mass is 35.5. The third-order valence-corrected chi connectivity index (χ3v) is 27.3. The molecule has 0 unspecified atom stereocenters. The summed E-state index contributed by atoms with van der Waals surface area (Å²) >= 11 is 12.0. The van der Waals surface area contributed by atoms with Gasteiger partial charge < -0.3 is 71.7 Å². The lowest BCUT2D eigenvalue weighted by Gasteiger charge is -2.46. The quantitative estimate of drug-likeness (QED) is 0.0144. The maximum atomic E-state index is 14.4. The minimum absolute atomic E-state index is 0.0312. The van der Waals surface area contributed by atoms with Gasteiger partial charge in [-0.05, 0) is 226 Å². The molecule has 14 N–H and O–H groups in total. The van der Waals surface area contributed by atoms with Crippen LogP contribution in [0, 0.1) is 71.7 Å². The number of ketones is 4. The van der Waals surface area contributed by atoms with Crippen molar-refractivity contribution in [3.05, 3.63) is 254 Å². The van der Waals surface area contributed by atoms with Crippen molar-refractivity contribution in [3.63, 3.8) is 0 Å². The highest BCUT2D eigenvalue weighted by Crippen LogP contribution is 2.52. The highest BCUT2D eigenvalue weighted by molar-refractivity contribution is 6.46. The van der Waals surface area contributed by atoms with E-state index in [9.17, 15) is 92.7 Å². The number of anilines is 4. The second-order valence-corrected chi connectivity index (χ2v) is 36.7. The molecule has 139 heavy (non-hydrogen) atoms. The second kappa shape index (κ2) is 37.3. The molecule has 5 aliphatic heterocycles. The Labute approximate surface area is 794 Å². The topological polar surface area (TPSA) is 482 Å². The molecule has 4 saturated carbocycles. The van der Waals surface area contributed by atoms with E-state index in [0.717, 1.165) is 36.7 Å². The fourth-order valence-electron chi connectivity index (χ4n) is 19.3. The van der Waals surface area contributed by atoms with Crippen LogP contribution in [0.2, 0.25) is 10.0 Å². The highest BCUT2D eigenvalue weighted by Gasteiger charge is 2.61. The summed E-state index contributed by atoms with van der Waals surface area (Å²) in [7, 11) is 0. The van der Waals surface area contributed by atoms with Crippen LogP contribution >= 0.6 is 23.2 Å². The average Bonchev–Trinajstić information content (AvgIpc) is 1.79. The Kier molecular flexibility index (Phi) is 25.7. The van der Waals surface area contributed by atoms with Crippen molar-refractivity contribution in [2.45, 2.75) is 212 Å². The van der Waals surface area contributed by atoms with Crippen LogP contribution in [-0.2, 0) is 87.7 Å². The lowest BCUT2D eigenvalue weighted by Crippen LogP contribution is -2.61. The van der Waals surface area contributed by atoms with Crippen molar-refractivity contribution in [3.8, 4) is 0 Å². The van der Waals surface area contributed by atoms with Gasteiger partial charge in [-0.25, -0.2) is 35.1 Å². The first-order valence-electron chi connectivity index (χ1n) is 44.5. The zero-order valence-electron chi connectivity index (χ0n) is 75.5. The van der Waals surface area contributed by atoms with Crippen molar-refractivity contribution in [2.24, 2.45) is 0 Å². The number of nitrogens with zero attached hydrogens (tertiary/aromatic N) is 10. The van der Waals surface area contributed by atoms with Crippen molar-refractivity contribution in [2.75, 3.05) is 21.3 Å². The molecule has 4 fully saturated rings. The first-order valence-corrected chi connectivity index (χ1v) is 45.2. The standard InChI is InChI=1S/C25H24F4N6O3.C23H24ClFN6O3.C23H22F2N6O3.C22H20ClFN6O3/c1-12-5-6-14(8-15(12)21(26)27)31-22(37)19-13(2)18(16-4-3-7-35(16)19)20(36)23(38)32-24(10-25(28,29)11-24)17-9-30-34-33-17;2*1-11-8-14(25)15(9-13(11)24)27-21(33)19-12(2)18(16-4-3-7-31(16)19)20(32)22(34)28-23(5-6-23)17-10-26-30-29-17;1-11-17(19(31)21(33)27-22(6-7-22)16-10-25-29-28-16)15-3-2-8-30(15)18(11)20(32)26-14-9-12(23)4-5-13(14)24/h5-6,8-9,21H,3-4,7,10-11H2,1-2H3,(H,31,37)(H,32,38)(H,30,33,34);8-10,26,29-30H,3-7H2,1-2H3,(H,27,33)(H,28,34);8-10H,3-7H2,1-2H3,(H,27,33)(H,28,34)(H,26,29,30);4-5,9-10H,2-3,6-8H2,1H3,(H,26,32)(H,27,33)(H,25,28,29). The summed E-state index contributed by atoms with van der Waals surface area (Å²) in [6.45, 7) is 12.9. The molecule has 0 spiro atoms. The van der Waals surface area contributed by atoms with Crippen LogP contribution in [-0.4, -0.2) is 146 Å². The zero-order chi connectivity index (χ0) is 99.1. The van der Waals surface area contributed by atoms with Crippen LogP contribution in [0.25, 0.3) is 0 Å². The summed E-state index contributed by atoms with van der Waals surface area (Å²) in [4.78, 5) is 158. The van der Waals surface area contributed by atoms with Gasteiger partial charge in [0.05, 0.1) is 85.8 Å². The molecule has 9 aliphatic rings. The molecule has 0 radical (unpaired) electrons. The fraction of sp³-hybridized carbons (Fsp3) is 0.355. The summed E-state index contributed by atoms with van der Waals surface area (Å²) in [6.07, 6.45) is 10.6. The number of hydrazine groups is 2. The van der Waals surface area contributed by atoms with Gasteiger partial charge in [0.1, 0.15) is 63.1 Å². The number of rotatable bonds is 25. The number of hydrogen-bond donors (Lipinski definition) is 14. The van der Waals surface area contributed by atoms with Gasteiger partial charge in [0.15, 0.2) is 0 Å². The van der Waals surface area contributed by atoms with E-state index < -0.39 is 141 Å². The van der Waals surface area contributed by atoms with Gasteiger partial charge in [-0.1, -0.05) is 29.3 Å². The molecule has 0 bridgehead atoms. The molecule has 12 heterocycles. The Hall–Kier alpha value is -14.8. The maximum absolute atomic E-state index is 14.4. The van der Waals surface area contributed by atoms with Crippen molar-refractivity contribution in [1.82, 2.24) is 102 Å². The van der Waals surface area contributed by atoms with Crippen LogP contribution < -0.4 is 58.9 Å². The number of carbonyl (C=O) groups excluding carboxylic acids is 12. The van der Waals surface area contributed by atoms with Crippen LogP contribution in [0.1, 0.15) is 251 Å². The van der Waals surface area contributed by atoms with Gasteiger partial charge >= 0.3 is 0 Å². The smallest absolute Gasteiger partial charge is 0.293 e. The minimum Gasteiger partial charge on any atom is -0.340 e. The number of aryl methyl sites for hydroxylation is 3. The third-order valence-electron chi connectivity index (χ3n) is 26.7. The summed E-state index contributed by atoms with van der Waals surface area (Å²) in [5.74, 6) is -14.6. The molecule has 36 nitrogen and oxygen atoms in total. The van der Waals surface area contributed by atoms with Gasteiger partial charge in [-0.2, -0.15) is 51.8 Å². The molecule has 4 aromatic carbocycles. The lowest BCUT2D eigenvalue weighted by molar-refractivity contribution is -0.148. The molecule has 4 aliphatic carbocycles. The summed E-state index contributed by atoms with van der Waals surface area (Å²) in [5, 5.41) is 52.0. The number of alkyl halides is 4. The first kappa shape index (κ1) is 95.9. The van der Waals surface area contributed by atoms with Crippen LogP contribution in [0.4, 0.5) is 57.9 Å². The van der Waals surface area contributed by atoms with E-state index in [0.29, 0.717) is 170 Å². The number of benzene rings is 4. The van der Waals surface area contributed by atoms with E-state index in [4.69, 9.17) is 23.2 Å². The predicted octanol–water partition coefficient (Wildman–Crippen LogP) is 11.9. The number of carbonyl (C=O) groups is 12. The monoisotopic (exact) mass is 1960 g/mol. The number of Topliss-reactive ketones (excluding diaryl/α,β-unsaturated/α-hetero) is 4. The number of amides is 8. The number of nitrogens with one attached hydrogen (secondary N) is 14. The van der Waals surface area contributed by atoms with E-state index in [1.54, 1.807) is 52.2 Å². The average molecular weight is 1960 g/mol. The molecule has 0 saturated heterocycles. The summed E-state index contributed by atoms with van der Waals surface area (Å²) < 4.78 is 118. The van der Waals surface area contributed by atoms with Gasteiger partial charge in [-0.15, -0.1) is 0 Å². The van der Waals surface area contributed by atoms with Gasteiger partial charge in [0.2, 0.25) is 0 Å². The third kappa shape index (κ3) is 18.3. The number of H-pyrrole nitrogens is 3. The molecule has 20 rings (SSSR count). The van der Waals surface area contributed by atoms with Gasteiger partial charge in [0, 0.05) is 95.4 Å². The molecule has 8 amide bonds. The summed E-state index contributed by atoms with van der Waals surface area (Å²) in [6, 6.07) is 12.6. The SMILES string of the molecule is Cc1c(C(=O)C(=O)NC2(c3cn[nH]n3)CC2)c2n(c1C(=O)Nc1cc(Cl)ccc1F)CCC2.Cc1cc(F)c(NC(=O)c2c(C)c(C(=O)C(=O)NC3(C4=CNNN4)CC3)c3n2CCC3)cc1Cl.Cc1cc(F)c(NC(=O)c2c(C)c(C(=O)C(=O)NC3(c4cn[nH]n4)CC3)c3n2CCC3)cc1F.Cc1ccc(NC(=O)c2c(C)c(C(=O)C(=O)NC3(c4cn[nH]n4)CC(F)(F)C3)c3n2CCC3)cc1C(F)F. The van der Waals surface area contributed by atoms with Crippen LogP contribution in [0.15, 0.2) is 91.2 Å². The summed E-state index contributed by atoms with van der Waals surface area (Å²) in [5.41, 5.74) is 12.6. The number of fused-ring (bicyclic) bond motifs is 4. The van der Waals surface area contributed by atoms with Crippen LogP contribution in [0.3, 0.4) is 0 Å². The molecular weight excluding hydrogens is 1870 g/mol. The lowest BCUT2D eigenvalue weighted by atomic mass is 9.71. The molecule has 724 valence electrons. The van der Waals surface area contributed by atoms with E-state index in [1.165, 1.54) is 81.8 Å². The number of aromatic amines is 3. The Bertz CT molecular complexity index is 7000. The van der Waals surface area contributed by atoms with Gasteiger partial charge in [-0.3, -0.25) is 57.5 Å². The zero-order valence-corrected chi connectivity index (χ0v) is 77.0. The van der Waals surface area contributed by atoms with Gasteiger partial charge in [0.25, 0.3) is 82.7 Å².